The number of fused-ring (bicyclic) bond motifs is 1. The Hall–Kier alpha value is -1.63. The fourth-order valence-electron chi connectivity index (χ4n) is 3.73. The normalized spacial score (nSPS) is 24.6. The summed E-state index contributed by atoms with van der Waals surface area (Å²) in [6.07, 6.45) is 2.43. The molecule has 0 bridgehead atoms. The molecule has 128 valence electrons. The summed E-state index contributed by atoms with van der Waals surface area (Å²) < 4.78 is 2.08. The van der Waals surface area contributed by atoms with E-state index in [1.54, 1.807) is 4.90 Å². The van der Waals surface area contributed by atoms with Crippen molar-refractivity contribution in [3.63, 3.8) is 0 Å². The highest BCUT2D eigenvalue weighted by atomic mass is 16.3. The highest BCUT2D eigenvalue weighted by Gasteiger charge is 2.37. The van der Waals surface area contributed by atoms with Crippen LogP contribution in [0.1, 0.15) is 45.3 Å². The van der Waals surface area contributed by atoms with Crippen molar-refractivity contribution < 1.29 is 9.90 Å². The summed E-state index contributed by atoms with van der Waals surface area (Å²) in [6, 6.07) is -0.133. The zero-order valence-corrected chi connectivity index (χ0v) is 14.2. The lowest BCUT2D eigenvalue weighted by Gasteiger charge is -2.42. The van der Waals surface area contributed by atoms with Gasteiger partial charge in [-0.25, -0.2) is 4.79 Å². The van der Waals surface area contributed by atoms with Gasteiger partial charge in [0.15, 0.2) is 5.82 Å². The largest absolute Gasteiger partial charge is 0.391 e. The minimum Gasteiger partial charge on any atom is -0.391 e. The zero-order chi connectivity index (χ0) is 16.6. The van der Waals surface area contributed by atoms with E-state index >= 15 is 0 Å². The highest BCUT2D eigenvalue weighted by Crippen LogP contribution is 2.34. The topological polar surface area (TPSA) is 83.3 Å². The fraction of sp³-hybridized carbons (Fsp3) is 0.812. The lowest BCUT2D eigenvalue weighted by molar-refractivity contribution is -0.0124. The van der Waals surface area contributed by atoms with E-state index in [0.29, 0.717) is 19.6 Å². The van der Waals surface area contributed by atoms with Crippen LogP contribution in [0, 0.1) is 11.3 Å². The molecular formula is C16H27N5O2. The Morgan fingerprint density at radius 2 is 2.13 bits per heavy atom. The molecule has 7 nitrogen and oxygen atoms in total. The second kappa shape index (κ2) is 6.11. The summed E-state index contributed by atoms with van der Waals surface area (Å²) in [7, 11) is 0. The lowest BCUT2D eigenvalue weighted by atomic mass is 9.74. The molecule has 23 heavy (non-hydrogen) atoms. The van der Waals surface area contributed by atoms with Crippen LogP contribution in [-0.2, 0) is 19.5 Å². The first-order chi connectivity index (χ1) is 10.9. The first kappa shape index (κ1) is 16.2. The molecule has 2 amide bonds. The fourth-order valence-corrected chi connectivity index (χ4v) is 3.73. The number of amides is 2. The van der Waals surface area contributed by atoms with E-state index in [-0.39, 0.29) is 17.4 Å². The van der Waals surface area contributed by atoms with Crippen LogP contribution < -0.4 is 5.32 Å². The molecule has 2 aliphatic heterocycles. The second-order valence-electron chi connectivity index (χ2n) is 7.72. The van der Waals surface area contributed by atoms with Crippen LogP contribution in [0.15, 0.2) is 0 Å². The Morgan fingerprint density at radius 1 is 1.35 bits per heavy atom. The van der Waals surface area contributed by atoms with Gasteiger partial charge in [-0.1, -0.05) is 20.8 Å². The van der Waals surface area contributed by atoms with Gasteiger partial charge in [0, 0.05) is 26.1 Å². The number of nitrogens with zero attached hydrogens (tertiary/aromatic N) is 4. The predicted molar refractivity (Wildman–Crippen MR) is 85.7 cm³/mol. The van der Waals surface area contributed by atoms with Gasteiger partial charge in [0.25, 0.3) is 0 Å². The van der Waals surface area contributed by atoms with Gasteiger partial charge in [0.1, 0.15) is 5.82 Å². The Kier molecular flexibility index (Phi) is 4.31. The van der Waals surface area contributed by atoms with Gasteiger partial charge in [-0.15, -0.1) is 10.2 Å². The van der Waals surface area contributed by atoms with Crippen molar-refractivity contribution in [2.45, 2.75) is 59.2 Å². The molecule has 3 rings (SSSR count). The van der Waals surface area contributed by atoms with E-state index in [9.17, 15) is 9.90 Å². The van der Waals surface area contributed by atoms with Crippen molar-refractivity contribution in [1.82, 2.24) is 25.0 Å². The van der Waals surface area contributed by atoms with Crippen LogP contribution in [-0.4, -0.2) is 50.0 Å². The lowest BCUT2D eigenvalue weighted by Crippen LogP contribution is -2.52. The number of hydrogen-bond donors (Lipinski definition) is 2. The van der Waals surface area contributed by atoms with E-state index in [2.05, 4.69) is 40.9 Å². The molecule has 0 radical (unpaired) electrons. The van der Waals surface area contributed by atoms with E-state index in [4.69, 9.17) is 0 Å². The molecule has 1 fully saturated rings. The summed E-state index contributed by atoms with van der Waals surface area (Å²) >= 11 is 0. The number of aryl methyl sites for hydroxylation is 1. The number of β-amino-alcohol motifs (C(OH)–C–C–N with tert-alkyl or cyclic N) is 1. The molecule has 1 aromatic heterocycles. The third-order valence-corrected chi connectivity index (χ3v) is 5.07. The number of urea groups is 1. The minimum atomic E-state index is -0.466. The van der Waals surface area contributed by atoms with Crippen molar-refractivity contribution >= 4 is 6.03 Å². The van der Waals surface area contributed by atoms with Gasteiger partial charge in [-0.2, -0.15) is 0 Å². The number of piperidine rings is 1. The molecule has 0 unspecified atom stereocenters. The van der Waals surface area contributed by atoms with E-state index < -0.39 is 6.10 Å². The predicted octanol–water partition coefficient (Wildman–Crippen LogP) is 1.16. The van der Waals surface area contributed by atoms with Gasteiger partial charge >= 0.3 is 6.03 Å². The molecule has 0 aliphatic carbocycles. The summed E-state index contributed by atoms with van der Waals surface area (Å²) in [6.45, 7) is 8.83. The van der Waals surface area contributed by atoms with Crippen LogP contribution in [0.3, 0.4) is 0 Å². The maximum Gasteiger partial charge on any atom is 0.317 e. The number of hydrogen-bond acceptors (Lipinski definition) is 4. The molecule has 1 saturated heterocycles. The maximum absolute atomic E-state index is 12.3. The third kappa shape index (κ3) is 3.34. The Balaban J connectivity index is 1.53. The molecule has 3 heterocycles. The zero-order valence-electron chi connectivity index (χ0n) is 14.2. The SMILES string of the molecule is CC(C)(C)[C@@H]1CCN(C(=O)NCc2nnc3n2CCC3)C[C@@H]1O. The maximum atomic E-state index is 12.3. The number of aliphatic hydroxyl groups excluding tert-OH is 1. The van der Waals surface area contributed by atoms with Gasteiger partial charge in [-0.05, 0) is 24.2 Å². The van der Waals surface area contributed by atoms with Gasteiger partial charge in [0.2, 0.25) is 0 Å². The minimum absolute atomic E-state index is 0.0596. The molecule has 0 aromatic carbocycles. The van der Waals surface area contributed by atoms with Crippen LogP contribution in [0.2, 0.25) is 0 Å². The Bertz CT molecular complexity index is 578. The second-order valence-corrected chi connectivity index (χ2v) is 7.72. The van der Waals surface area contributed by atoms with Crippen molar-refractivity contribution in [2.75, 3.05) is 13.1 Å². The number of carbonyl (C=O) groups excluding carboxylic acids is 1. The Labute approximate surface area is 137 Å². The molecule has 2 atom stereocenters. The first-order valence-corrected chi connectivity index (χ1v) is 8.48. The summed E-state index contributed by atoms with van der Waals surface area (Å²) in [4.78, 5) is 14.0. The smallest absolute Gasteiger partial charge is 0.317 e. The molecule has 0 spiro atoms. The monoisotopic (exact) mass is 321 g/mol. The summed E-state index contributed by atoms with van der Waals surface area (Å²) in [5.74, 6) is 2.05. The Morgan fingerprint density at radius 3 is 2.83 bits per heavy atom. The van der Waals surface area contributed by atoms with Gasteiger partial charge < -0.3 is 19.9 Å². The number of likely N-dealkylation sites (tertiary alicyclic amines) is 1. The standard InChI is InChI=1S/C16H27N5O2/c1-16(2,3)11-6-8-20(10-12(11)22)15(23)17-9-14-19-18-13-5-4-7-21(13)14/h11-12,22H,4-10H2,1-3H3,(H,17,23)/t11-,12+/m1/s1. The number of carbonyl (C=O) groups is 1. The summed E-state index contributed by atoms with van der Waals surface area (Å²) in [5, 5.41) is 21.6. The molecule has 2 aliphatic rings. The molecular weight excluding hydrogens is 294 g/mol. The van der Waals surface area contributed by atoms with Crippen molar-refractivity contribution in [2.24, 2.45) is 11.3 Å². The molecule has 7 heteroatoms. The van der Waals surface area contributed by atoms with Gasteiger partial charge in [0.05, 0.1) is 12.6 Å². The third-order valence-electron chi connectivity index (χ3n) is 5.07. The average molecular weight is 321 g/mol. The number of aromatic nitrogens is 3. The van der Waals surface area contributed by atoms with Crippen LogP contribution in [0.5, 0.6) is 0 Å². The van der Waals surface area contributed by atoms with E-state index in [1.165, 1.54) is 0 Å². The van der Waals surface area contributed by atoms with Crippen molar-refractivity contribution in [3.05, 3.63) is 11.6 Å². The number of nitrogens with one attached hydrogen (secondary N) is 1. The number of rotatable bonds is 2. The molecule has 1 aromatic rings. The number of aliphatic hydroxyl groups is 1. The van der Waals surface area contributed by atoms with Crippen molar-refractivity contribution in [3.8, 4) is 0 Å². The van der Waals surface area contributed by atoms with Crippen LogP contribution in [0.25, 0.3) is 0 Å². The van der Waals surface area contributed by atoms with E-state index in [1.807, 2.05) is 0 Å². The quantitative estimate of drug-likeness (QED) is 0.856. The molecule has 0 saturated carbocycles. The van der Waals surface area contributed by atoms with Gasteiger partial charge in [-0.3, -0.25) is 0 Å². The highest BCUT2D eigenvalue weighted by molar-refractivity contribution is 5.74. The van der Waals surface area contributed by atoms with Crippen LogP contribution in [0.4, 0.5) is 4.79 Å². The van der Waals surface area contributed by atoms with Crippen LogP contribution >= 0.6 is 0 Å². The summed E-state index contributed by atoms with van der Waals surface area (Å²) in [5.41, 5.74) is 0.0596. The average Bonchev–Trinajstić information content (AvgIpc) is 3.06. The first-order valence-electron chi connectivity index (χ1n) is 8.48. The van der Waals surface area contributed by atoms with E-state index in [0.717, 1.165) is 37.5 Å². The van der Waals surface area contributed by atoms with Crippen molar-refractivity contribution in [1.29, 1.82) is 0 Å². The molecule has 2 N–H and O–H groups in total.